The lowest BCUT2D eigenvalue weighted by Gasteiger charge is -2.31. The molecule has 2 saturated carbocycles. The van der Waals surface area contributed by atoms with Crippen LogP contribution in [0.1, 0.15) is 56.8 Å². The number of likely N-dealkylation sites (N-methyl/N-ethyl adjacent to an activating group) is 1. The number of rotatable bonds is 8. The van der Waals surface area contributed by atoms with Gasteiger partial charge in [0.25, 0.3) is 11.8 Å². The van der Waals surface area contributed by atoms with Gasteiger partial charge in [0.2, 0.25) is 10.0 Å². The summed E-state index contributed by atoms with van der Waals surface area (Å²) in [6.07, 6.45) is 2.13. The standard InChI is InChI=1S/C36H41N5O7S/c1-6-22-18-30(22)41(34(44)38-49(46,47)25-16-17-25)33(43)31-19-24(21-40(31)35(45)48-36(2,3)4)39(5)32(42)27-20-29(23-12-8-7-9-13-23)37-28-15-11-10-14-26(27)28/h6-15,20,22,24-25,30-31H,1,16-19,21H2,2-5H3,(H,38,44). The van der Waals surface area contributed by atoms with Crippen molar-refractivity contribution in [1.82, 2.24) is 24.4 Å². The lowest BCUT2D eigenvalue weighted by molar-refractivity contribution is -0.133. The van der Waals surface area contributed by atoms with Crippen LogP contribution in [0.3, 0.4) is 0 Å². The summed E-state index contributed by atoms with van der Waals surface area (Å²) in [4.78, 5) is 64.2. The van der Waals surface area contributed by atoms with Crippen LogP contribution < -0.4 is 4.72 Å². The van der Waals surface area contributed by atoms with E-state index in [1.165, 1.54) is 9.80 Å². The van der Waals surface area contributed by atoms with Gasteiger partial charge >= 0.3 is 12.1 Å². The maximum absolute atomic E-state index is 14.3. The molecule has 6 rings (SSSR count). The molecular weight excluding hydrogens is 646 g/mol. The highest BCUT2D eigenvalue weighted by Gasteiger charge is 2.52. The maximum atomic E-state index is 14.3. The number of benzene rings is 2. The van der Waals surface area contributed by atoms with E-state index in [2.05, 4.69) is 11.3 Å². The van der Waals surface area contributed by atoms with Gasteiger partial charge in [0.05, 0.1) is 28.1 Å². The molecule has 3 fully saturated rings. The van der Waals surface area contributed by atoms with Gasteiger partial charge in [-0.1, -0.05) is 54.6 Å². The Morgan fingerprint density at radius 3 is 2.33 bits per heavy atom. The smallest absolute Gasteiger partial charge is 0.411 e. The van der Waals surface area contributed by atoms with Crippen molar-refractivity contribution in [2.75, 3.05) is 13.6 Å². The van der Waals surface area contributed by atoms with Crippen LogP contribution in [-0.4, -0.2) is 94.6 Å². The van der Waals surface area contributed by atoms with Crippen LogP contribution in [0.5, 0.6) is 0 Å². The molecule has 1 saturated heterocycles. The highest BCUT2D eigenvalue weighted by Crippen LogP contribution is 2.39. The van der Waals surface area contributed by atoms with E-state index >= 15 is 0 Å². The largest absolute Gasteiger partial charge is 0.444 e. The molecule has 5 amide bonds. The van der Waals surface area contributed by atoms with Crippen molar-refractivity contribution < 1.29 is 32.3 Å². The average Bonchev–Trinajstić information content (AvgIpc) is 4.00. The first-order valence-electron chi connectivity index (χ1n) is 16.4. The molecule has 1 N–H and O–H groups in total. The fourth-order valence-corrected chi connectivity index (χ4v) is 7.54. The van der Waals surface area contributed by atoms with E-state index < -0.39 is 57.0 Å². The summed E-state index contributed by atoms with van der Waals surface area (Å²) in [5.74, 6) is -1.29. The highest BCUT2D eigenvalue weighted by molar-refractivity contribution is 7.90. The number of aromatic nitrogens is 1. The molecule has 1 aliphatic heterocycles. The van der Waals surface area contributed by atoms with E-state index in [9.17, 15) is 27.6 Å². The number of carbonyl (C=O) groups is 4. The van der Waals surface area contributed by atoms with Gasteiger partial charge in [0.1, 0.15) is 11.6 Å². The molecule has 4 atom stereocenters. The van der Waals surface area contributed by atoms with Crippen LogP contribution >= 0.6 is 0 Å². The lowest BCUT2D eigenvalue weighted by Crippen LogP contribution is -2.55. The molecule has 0 bridgehead atoms. The van der Waals surface area contributed by atoms with E-state index in [1.807, 2.05) is 54.6 Å². The van der Waals surface area contributed by atoms with Crippen LogP contribution in [0, 0.1) is 5.92 Å². The Hall–Kier alpha value is -4.78. The number of hydrogen-bond donors (Lipinski definition) is 1. The lowest BCUT2D eigenvalue weighted by atomic mass is 10.0. The van der Waals surface area contributed by atoms with Crippen molar-refractivity contribution >= 4 is 44.9 Å². The number of ether oxygens (including phenoxy) is 1. The maximum Gasteiger partial charge on any atom is 0.411 e. The number of fused-ring (bicyclic) bond motifs is 1. The summed E-state index contributed by atoms with van der Waals surface area (Å²) >= 11 is 0. The van der Waals surface area contributed by atoms with Crippen molar-refractivity contribution in [3.05, 3.63) is 78.9 Å². The van der Waals surface area contributed by atoms with Gasteiger partial charge in [-0.15, -0.1) is 6.58 Å². The molecule has 3 aliphatic rings. The zero-order chi connectivity index (χ0) is 35.2. The zero-order valence-corrected chi connectivity index (χ0v) is 28.9. The number of para-hydroxylation sites is 1. The molecule has 4 unspecified atom stereocenters. The second-order valence-corrected chi connectivity index (χ2v) is 15.9. The number of pyridine rings is 1. The second kappa shape index (κ2) is 12.9. The molecule has 0 spiro atoms. The number of sulfonamides is 1. The van der Waals surface area contributed by atoms with Crippen molar-refractivity contribution in [2.24, 2.45) is 5.92 Å². The van der Waals surface area contributed by atoms with E-state index in [0.717, 1.165) is 10.5 Å². The molecule has 12 nitrogen and oxygen atoms in total. The first-order valence-corrected chi connectivity index (χ1v) is 18.0. The number of imide groups is 1. The zero-order valence-electron chi connectivity index (χ0n) is 28.0. The highest BCUT2D eigenvalue weighted by atomic mass is 32.2. The molecule has 13 heteroatoms. The number of carbonyl (C=O) groups excluding carboxylic acids is 4. The van der Waals surface area contributed by atoms with E-state index in [1.54, 1.807) is 40.0 Å². The average molecular weight is 688 g/mol. The number of urea groups is 1. The number of likely N-dealkylation sites (tertiary alicyclic amines) is 1. The fourth-order valence-electron chi connectivity index (χ4n) is 6.27. The Bertz CT molecular complexity index is 1920. The summed E-state index contributed by atoms with van der Waals surface area (Å²) in [5, 5.41) is -0.0270. The molecule has 3 aromatic rings. The minimum Gasteiger partial charge on any atom is -0.444 e. The summed E-state index contributed by atoms with van der Waals surface area (Å²) < 4.78 is 33.2. The van der Waals surface area contributed by atoms with Crippen LogP contribution in [0.2, 0.25) is 0 Å². The molecule has 0 radical (unpaired) electrons. The van der Waals surface area contributed by atoms with E-state index in [0.29, 0.717) is 41.4 Å². The third-order valence-corrected chi connectivity index (χ3v) is 11.0. The predicted octanol–water partition coefficient (Wildman–Crippen LogP) is 4.96. The predicted molar refractivity (Wildman–Crippen MR) is 184 cm³/mol. The van der Waals surface area contributed by atoms with E-state index in [-0.39, 0.29) is 24.8 Å². The van der Waals surface area contributed by atoms with Gasteiger partial charge in [-0.3, -0.25) is 19.4 Å². The van der Waals surface area contributed by atoms with Gasteiger partial charge in [-0.25, -0.2) is 27.7 Å². The van der Waals surface area contributed by atoms with Crippen LogP contribution in [0.15, 0.2) is 73.3 Å². The topological polar surface area (TPSA) is 146 Å². The van der Waals surface area contributed by atoms with Gasteiger partial charge in [0, 0.05) is 30.6 Å². The Labute approximate surface area is 286 Å². The summed E-state index contributed by atoms with van der Waals surface area (Å²) in [7, 11) is -2.35. The number of nitrogens with zero attached hydrogens (tertiary/aromatic N) is 4. The molecule has 258 valence electrons. The number of hydrogen-bond acceptors (Lipinski definition) is 8. The third-order valence-electron chi connectivity index (χ3n) is 9.16. The van der Waals surface area contributed by atoms with Crippen molar-refractivity contribution in [2.45, 2.75) is 75.4 Å². The minimum atomic E-state index is -3.96. The summed E-state index contributed by atoms with van der Waals surface area (Å²) in [6.45, 7) is 8.83. The van der Waals surface area contributed by atoms with Gasteiger partial charge < -0.3 is 9.64 Å². The van der Waals surface area contributed by atoms with Crippen molar-refractivity contribution in [3.8, 4) is 11.3 Å². The fraction of sp³-hybridized carbons (Fsp3) is 0.417. The van der Waals surface area contributed by atoms with Gasteiger partial charge in [-0.2, -0.15) is 0 Å². The first-order chi connectivity index (χ1) is 23.2. The van der Waals surface area contributed by atoms with Gasteiger partial charge in [0.15, 0.2) is 0 Å². The molecule has 2 aromatic carbocycles. The second-order valence-electron chi connectivity index (χ2n) is 14.0. The third kappa shape index (κ3) is 7.17. The minimum absolute atomic E-state index is 0.000490. The van der Waals surface area contributed by atoms with Crippen LogP contribution in [0.25, 0.3) is 22.2 Å². The summed E-state index contributed by atoms with van der Waals surface area (Å²) in [6, 6.07) is 15.1. The van der Waals surface area contributed by atoms with Crippen LogP contribution in [-0.2, 0) is 19.6 Å². The first kappa shape index (κ1) is 34.1. The number of nitrogens with one attached hydrogen (secondary N) is 1. The quantitative estimate of drug-likeness (QED) is 0.327. The number of amides is 5. The Morgan fingerprint density at radius 1 is 1.02 bits per heavy atom. The molecule has 49 heavy (non-hydrogen) atoms. The monoisotopic (exact) mass is 687 g/mol. The molecule has 2 heterocycles. The molecule has 1 aromatic heterocycles. The summed E-state index contributed by atoms with van der Waals surface area (Å²) in [5.41, 5.74) is 1.61. The SMILES string of the molecule is C=CC1CC1N(C(=O)NS(=O)(=O)C1CC1)C(=O)C1CC(N(C)C(=O)c2cc(-c3ccccc3)nc3ccccc23)CN1C(=O)OC(C)(C)C. The molecule has 2 aliphatic carbocycles. The molecular formula is C36H41N5O7S. The van der Waals surface area contributed by atoms with Crippen molar-refractivity contribution in [1.29, 1.82) is 0 Å². The van der Waals surface area contributed by atoms with E-state index in [4.69, 9.17) is 9.72 Å². The van der Waals surface area contributed by atoms with Crippen LogP contribution in [0.4, 0.5) is 9.59 Å². The van der Waals surface area contributed by atoms with Gasteiger partial charge in [-0.05, 0) is 64.5 Å². The normalized spacial score (nSPS) is 21.9. The Morgan fingerprint density at radius 2 is 1.69 bits per heavy atom. The Balaban J connectivity index is 1.32. The van der Waals surface area contributed by atoms with Crippen molar-refractivity contribution in [3.63, 3.8) is 0 Å². The Kier molecular flexibility index (Phi) is 8.99.